The van der Waals surface area contributed by atoms with Crippen LogP contribution in [0.25, 0.3) is 22.3 Å². The molecule has 1 aromatic carbocycles. The van der Waals surface area contributed by atoms with Crippen LogP contribution < -0.4 is 10.9 Å². The van der Waals surface area contributed by atoms with Gasteiger partial charge in [0.15, 0.2) is 0 Å². The number of halogens is 2. The zero-order valence-corrected chi connectivity index (χ0v) is 21.3. The van der Waals surface area contributed by atoms with Gasteiger partial charge in [-0.25, -0.2) is 18.6 Å². The fraction of sp³-hybridized carbons (Fsp3) is 0.250. The number of nitrogens with zero attached hydrogens (tertiary/aromatic N) is 4. The number of hydrogen-bond acceptors (Lipinski definition) is 6. The largest absolute Gasteiger partial charge is 0.465 e. The maximum Gasteiger partial charge on any atom is 0.338 e. The van der Waals surface area contributed by atoms with E-state index in [0.717, 1.165) is 47.3 Å². The Balaban J connectivity index is 1.39. The van der Waals surface area contributed by atoms with Gasteiger partial charge < -0.3 is 14.6 Å². The molecule has 5 rings (SSSR count). The average Bonchev–Trinajstić information content (AvgIpc) is 3.23. The molecule has 1 aliphatic rings. The molecule has 0 saturated carbocycles. The Labute approximate surface area is 217 Å². The molecule has 0 saturated heterocycles. The summed E-state index contributed by atoms with van der Waals surface area (Å²) in [5, 5.41) is 3.83. The van der Waals surface area contributed by atoms with Crippen LogP contribution in [0.2, 0.25) is 0 Å². The summed E-state index contributed by atoms with van der Waals surface area (Å²) in [6.45, 7) is 1.69. The molecule has 196 valence electrons. The molecule has 1 N–H and O–H groups in total. The van der Waals surface area contributed by atoms with Crippen molar-refractivity contribution in [2.24, 2.45) is 7.05 Å². The van der Waals surface area contributed by atoms with Gasteiger partial charge in [0.05, 0.1) is 18.4 Å². The van der Waals surface area contributed by atoms with E-state index in [-0.39, 0.29) is 16.7 Å². The number of carbonyl (C=O) groups excluding carboxylic acids is 1. The van der Waals surface area contributed by atoms with E-state index in [1.54, 1.807) is 30.1 Å². The molecule has 4 aromatic rings. The van der Waals surface area contributed by atoms with Gasteiger partial charge in [-0.15, -0.1) is 0 Å². The standard InChI is InChI=1S/C28H27F2N5O3/c1-31-19-7-11-35(25(36)14-19)24-4-8-32-27-21(24)15-20(33(27)2)16-34-9-5-17(6-10-34)26-22(29)12-18(13-23(26)30)28(37)38-3/h4-5,7-8,11-15,31H,6,9-10,16H2,1-3H3. The number of aryl methyl sites for hydroxylation is 1. The van der Waals surface area contributed by atoms with E-state index < -0.39 is 17.6 Å². The molecule has 3 aromatic heterocycles. The molecule has 0 unspecified atom stereocenters. The van der Waals surface area contributed by atoms with Gasteiger partial charge in [0, 0.05) is 74.5 Å². The number of hydrogen-bond donors (Lipinski definition) is 1. The number of nitrogens with one attached hydrogen (secondary N) is 1. The van der Waals surface area contributed by atoms with Crippen molar-refractivity contribution in [2.75, 3.05) is 32.6 Å². The lowest BCUT2D eigenvalue weighted by Crippen LogP contribution is -2.29. The zero-order valence-electron chi connectivity index (χ0n) is 21.3. The number of aromatic nitrogens is 3. The fourth-order valence-electron chi connectivity index (χ4n) is 4.88. The highest BCUT2D eigenvalue weighted by Gasteiger charge is 2.22. The van der Waals surface area contributed by atoms with E-state index in [0.29, 0.717) is 31.6 Å². The first-order valence-electron chi connectivity index (χ1n) is 12.1. The summed E-state index contributed by atoms with van der Waals surface area (Å²) in [6, 6.07) is 9.24. The molecule has 0 amide bonds. The Morgan fingerprint density at radius 2 is 1.92 bits per heavy atom. The average molecular weight is 520 g/mol. The first-order chi connectivity index (χ1) is 18.3. The van der Waals surface area contributed by atoms with Crippen molar-refractivity contribution in [3.8, 4) is 5.69 Å². The smallest absolute Gasteiger partial charge is 0.338 e. The Bertz CT molecular complexity index is 1620. The summed E-state index contributed by atoms with van der Waals surface area (Å²) < 4.78 is 37.6. The Kier molecular flexibility index (Phi) is 6.81. The SMILES string of the molecule is CNc1ccn(-c2ccnc3c2cc(CN2CC=C(c4c(F)cc(C(=O)OC)cc4F)CC2)n3C)c(=O)c1. The van der Waals surface area contributed by atoms with E-state index >= 15 is 0 Å². The molecule has 0 atom stereocenters. The fourth-order valence-corrected chi connectivity index (χ4v) is 4.88. The second-order valence-corrected chi connectivity index (χ2v) is 9.16. The Morgan fingerprint density at radius 1 is 1.16 bits per heavy atom. The third-order valence-electron chi connectivity index (χ3n) is 6.94. The molecular weight excluding hydrogens is 492 g/mol. The first kappa shape index (κ1) is 25.3. The monoisotopic (exact) mass is 519 g/mol. The van der Waals surface area contributed by atoms with Crippen molar-refractivity contribution in [1.29, 1.82) is 0 Å². The number of ether oxygens (including phenoxy) is 1. The van der Waals surface area contributed by atoms with Crippen molar-refractivity contribution in [3.05, 3.63) is 93.7 Å². The Morgan fingerprint density at radius 3 is 2.55 bits per heavy atom. The number of pyridine rings is 2. The molecule has 0 fully saturated rings. The maximum atomic E-state index is 14.7. The maximum absolute atomic E-state index is 14.7. The van der Waals surface area contributed by atoms with Crippen LogP contribution in [0.4, 0.5) is 14.5 Å². The van der Waals surface area contributed by atoms with E-state index in [1.165, 1.54) is 0 Å². The first-order valence-corrected chi connectivity index (χ1v) is 12.1. The lowest BCUT2D eigenvalue weighted by atomic mass is 9.97. The molecular formula is C28H27F2N5O3. The molecule has 0 aliphatic carbocycles. The van der Waals surface area contributed by atoms with Gasteiger partial charge in [-0.2, -0.15) is 0 Å². The minimum Gasteiger partial charge on any atom is -0.465 e. The lowest BCUT2D eigenvalue weighted by molar-refractivity contribution is 0.0599. The van der Waals surface area contributed by atoms with Gasteiger partial charge in [0.2, 0.25) is 0 Å². The number of anilines is 1. The predicted octanol–water partition coefficient (Wildman–Crippen LogP) is 4.12. The highest BCUT2D eigenvalue weighted by molar-refractivity contribution is 5.90. The molecule has 0 bridgehead atoms. The number of esters is 1. The highest BCUT2D eigenvalue weighted by Crippen LogP contribution is 2.30. The molecule has 1 aliphatic heterocycles. The van der Waals surface area contributed by atoms with Crippen LogP contribution in [0, 0.1) is 11.6 Å². The minimum atomic E-state index is -0.786. The second kappa shape index (κ2) is 10.2. The third kappa shape index (κ3) is 4.58. The lowest BCUT2D eigenvalue weighted by Gasteiger charge is -2.27. The van der Waals surface area contributed by atoms with Crippen molar-refractivity contribution < 1.29 is 18.3 Å². The predicted molar refractivity (Wildman–Crippen MR) is 141 cm³/mol. The molecule has 4 heterocycles. The van der Waals surface area contributed by atoms with Crippen molar-refractivity contribution in [2.45, 2.75) is 13.0 Å². The number of fused-ring (bicyclic) bond motifs is 1. The normalized spacial score (nSPS) is 14.0. The summed E-state index contributed by atoms with van der Waals surface area (Å²) in [5.41, 5.74) is 3.38. The topological polar surface area (TPSA) is 81.4 Å². The van der Waals surface area contributed by atoms with Crippen LogP contribution in [0.5, 0.6) is 0 Å². The third-order valence-corrected chi connectivity index (χ3v) is 6.94. The Hall–Kier alpha value is -4.31. The number of methoxy groups -OCH3 is 1. The highest BCUT2D eigenvalue weighted by atomic mass is 19.1. The van der Waals surface area contributed by atoms with E-state index in [4.69, 9.17) is 0 Å². The minimum absolute atomic E-state index is 0.106. The molecule has 8 nitrogen and oxygen atoms in total. The van der Waals surface area contributed by atoms with Gasteiger partial charge in [0.1, 0.15) is 17.3 Å². The molecule has 10 heteroatoms. The quantitative estimate of drug-likeness (QED) is 0.386. The number of carbonyl (C=O) groups is 1. The molecule has 0 spiro atoms. The van der Waals surface area contributed by atoms with Crippen molar-refractivity contribution in [1.82, 2.24) is 19.0 Å². The van der Waals surface area contributed by atoms with Crippen molar-refractivity contribution >= 4 is 28.3 Å². The van der Waals surface area contributed by atoms with Crippen LogP contribution in [-0.2, 0) is 18.3 Å². The summed E-state index contributed by atoms with van der Waals surface area (Å²) >= 11 is 0. The summed E-state index contributed by atoms with van der Waals surface area (Å²) in [6.07, 6.45) is 5.69. The van der Waals surface area contributed by atoms with Crippen molar-refractivity contribution in [3.63, 3.8) is 0 Å². The second-order valence-electron chi connectivity index (χ2n) is 9.16. The molecule has 0 radical (unpaired) electrons. The molecule has 38 heavy (non-hydrogen) atoms. The van der Waals surface area contributed by atoms with Crippen LogP contribution in [-0.4, -0.2) is 52.2 Å². The summed E-state index contributed by atoms with van der Waals surface area (Å²) in [4.78, 5) is 31.1. The zero-order chi connectivity index (χ0) is 27.0. The van der Waals surface area contributed by atoms with Gasteiger partial charge in [-0.1, -0.05) is 6.08 Å². The van der Waals surface area contributed by atoms with Gasteiger partial charge in [-0.3, -0.25) is 14.3 Å². The summed E-state index contributed by atoms with van der Waals surface area (Å²) in [5.74, 6) is -2.35. The van der Waals surface area contributed by atoms with Crippen LogP contribution in [0.1, 0.15) is 28.0 Å². The van der Waals surface area contributed by atoms with E-state index in [9.17, 15) is 18.4 Å². The van der Waals surface area contributed by atoms with Gasteiger partial charge >= 0.3 is 5.97 Å². The van der Waals surface area contributed by atoms with Gasteiger partial charge in [0.25, 0.3) is 5.56 Å². The number of benzene rings is 1. The summed E-state index contributed by atoms with van der Waals surface area (Å²) in [7, 11) is 4.86. The van der Waals surface area contributed by atoms with Crippen LogP contribution in [0.15, 0.2) is 59.7 Å². The van der Waals surface area contributed by atoms with Crippen LogP contribution in [0.3, 0.4) is 0 Å². The van der Waals surface area contributed by atoms with Crippen LogP contribution >= 0.6 is 0 Å². The van der Waals surface area contributed by atoms with E-state index in [1.807, 2.05) is 35.9 Å². The van der Waals surface area contributed by atoms with E-state index in [2.05, 4.69) is 19.9 Å². The van der Waals surface area contributed by atoms with Gasteiger partial charge in [-0.05, 0) is 42.3 Å². The number of rotatable bonds is 6.